The number of hydrogen-bond acceptors (Lipinski definition) is 4. The quantitative estimate of drug-likeness (QED) is 0.503. The fourth-order valence-electron chi connectivity index (χ4n) is 4.53. The Morgan fingerprint density at radius 3 is 1.88 bits per heavy atom. The zero-order valence-electron chi connectivity index (χ0n) is 17.9. The van der Waals surface area contributed by atoms with Gasteiger partial charge in [-0.3, -0.25) is 14.2 Å². The number of hydrogen-bond donors (Lipinski definition) is 0. The highest BCUT2D eigenvalue weighted by Crippen LogP contribution is 2.26. The number of rotatable bonds is 3. The summed E-state index contributed by atoms with van der Waals surface area (Å²) in [5.74, 6) is 0. The summed E-state index contributed by atoms with van der Waals surface area (Å²) in [5.41, 5.74) is 0.823. The summed E-state index contributed by atoms with van der Waals surface area (Å²) in [7, 11) is 1.61. The van der Waals surface area contributed by atoms with Gasteiger partial charge in [-0.25, -0.2) is 13.9 Å². The van der Waals surface area contributed by atoms with Crippen molar-refractivity contribution < 1.29 is 0 Å². The third-order valence-electron chi connectivity index (χ3n) is 6.13. The van der Waals surface area contributed by atoms with E-state index in [1.165, 1.54) is 19.8 Å². The maximum absolute atomic E-state index is 13.9. The van der Waals surface area contributed by atoms with Gasteiger partial charge in [0, 0.05) is 26.2 Å². The second-order valence-corrected chi connectivity index (χ2v) is 8.10. The van der Waals surface area contributed by atoms with Crippen LogP contribution in [0.3, 0.4) is 0 Å². The minimum absolute atomic E-state index is 0.251. The van der Waals surface area contributed by atoms with Crippen LogP contribution < -0.4 is 21.7 Å². The maximum atomic E-state index is 13.9. The van der Waals surface area contributed by atoms with E-state index in [4.69, 9.17) is 0 Å². The van der Waals surface area contributed by atoms with Crippen LogP contribution in [-0.4, -0.2) is 26.8 Å². The molecular weight excluding hydrogens is 404 g/mol. The van der Waals surface area contributed by atoms with E-state index in [1.807, 2.05) is 24.3 Å². The number of aryl methyl sites for hydroxylation is 1. The summed E-state index contributed by atoms with van der Waals surface area (Å²) < 4.78 is 4.07. The molecule has 0 saturated carbocycles. The fourth-order valence-corrected chi connectivity index (χ4v) is 4.53. The standard InChI is InChI=1S/C25H24N4O3/c1-26-21(30)17-20(27-15-9-4-10-16-27)22-23(26)28(18-11-5-2-6-12-18)25(32)29(24(22)31)19-13-7-3-8-14-19/h2-3,5-8,11-14,17H,4,9-10,15-16H2,1H3. The van der Waals surface area contributed by atoms with Crippen molar-refractivity contribution in [3.05, 3.63) is 97.9 Å². The highest BCUT2D eigenvalue weighted by atomic mass is 16.2. The van der Waals surface area contributed by atoms with Crippen LogP contribution in [0.25, 0.3) is 22.4 Å². The van der Waals surface area contributed by atoms with Gasteiger partial charge in [-0.1, -0.05) is 36.4 Å². The lowest BCUT2D eigenvalue weighted by atomic mass is 10.1. The molecule has 1 saturated heterocycles. The van der Waals surface area contributed by atoms with Crippen molar-refractivity contribution in [3.63, 3.8) is 0 Å². The first-order valence-corrected chi connectivity index (χ1v) is 10.9. The van der Waals surface area contributed by atoms with Crippen LogP contribution in [0.1, 0.15) is 19.3 Å². The molecule has 2 aromatic heterocycles. The normalized spacial score (nSPS) is 14.1. The molecule has 1 fully saturated rings. The zero-order valence-corrected chi connectivity index (χ0v) is 17.9. The van der Waals surface area contributed by atoms with E-state index < -0.39 is 11.2 Å². The number of para-hydroxylation sites is 2. The van der Waals surface area contributed by atoms with Gasteiger partial charge in [0.2, 0.25) is 0 Å². The molecule has 0 bridgehead atoms. The van der Waals surface area contributed by atoms with Gasteiger partial charge in [0.15, 0.2) is 0 Å². The molecule has 0 amide bonds. The Bertz CT molecular complexity index is 1460. The number of anilines is 1. The number of benzene rings is 2. The molecule has 0 spiro atoms. The number of piperidine rings is 1. The lowest BCUT2D eigenvalue weighted by molar-refractivity contribution is 0.578. The third-order valence-corrected chi connectivity index (χ3v) is 6.13. The summed E-state index contributed by atoms with van der Waals surface area (Å²) in [6, 6.07) is 19.6. The first-order valence-electron chi connectivity index (χ1n) is 10.9. The molecule has 0 aliphatic carbocycles. The Balaban J connectivity index is 2.00. The minimum atomic E-state index is -0.509. The van der Waals surface area contributed by atoms with E-state index >= 15 is 0 Å². The Morgan fingerprint density at radius 1 is 0.719 bits per heavy atom. The minimum Gasteiger partial charge on any atom is -0.371 e. The van der Waals surface area contributed by atoms with Crippen molar-refractivity contribution >= 4 is 16.7 Å². The number of aromatic nitrogens is 3. The van der Waals surface area contributed by atoms with E-state index in [0.29, 0.717) is 28.1 Å². The van der Waals surface area contributed by atoms with Crippen molar-refractivity contribution in [2.45, 2.75) is 19.3 Å². The molecule has 1 aliphatic heterocycles. The molecule has 32 heavy (non-hydrogen) atoms. The van der Waals surface area contributed by atoms with Crippen molar-refractivity contribution in [3.8, 4) is 11.4 Å². The van der Waals surface area contributed by atoms with Crippen molar-refractivity contribution in [2.24, 2.45) is 7.05 Å². The highest BCUT2D eigenvalue weighted by molar-refractivity contribution is 5.90. The van der Waals surface area contributed by atoms with Crippen molar-refractivity contribution in [2.75, 3.05) is 18.0 Å². The molecule has 3 heterocycles. The predicted octanol–water partition coefficient (Wildman–Crippen LogP) is 2.83. The van der Waals surface area contributed by atoms with E-state index in [2.05, 4.69) is 4.90 Å². The molecule has 5 rings (SSSR count). The van der Waals surface area contributed by atoms with Crippen molar-refractivity contribution in [1.29, 1.82) is 0 Å². The van der Waals surface area contributed by atoms with Crippen molar-refractivity contribution in [1.82, 2.24) is 13.7 Å². The monoisotopic (exact) mass is 428 g/mol. The van der Waals surface area contributed by atoms with Crippen LogP contribution in [0, 0.1) is 0 Å². The first kappa shape index (κ1) is 20.1. The van der Waals surface area contributed by atoms with Crippen LogP contribution in [0.15, 0.2) is 81.1 Å². The zero-order chi connectivity index (χ0) is 22.2. The first-order chi connectivity index (χ1) is 15.6. The topological polar surface area (TPSA) is 69.2 Å². The van der Waals surface area contributed by atoms with E-state index in [-0.39, 0.29) is 5.56 Å². The predicted molar refractivity (Wildman–Crippen MR) is 126 cm³/mol. The molecular formula is C25H24N4O3. The Kier molecular flexibility index (Phi) is 5.01. The van der Waals surface area contributed by atoms with Crippen LogP contribution >= 0.6 is 0 Å². The molecule has 0 unspecified atom stereocenters. The smallest absolute Gasteiger partial charge is 0.341 e. The Labute approximate surface area is 184 Å². The van der Waals surface area contributed by atoms with Gasteiger partial charge in [0.25, 0.3) is 11.1 Å². The van der Waals surface area contributed by atoms with Crippen LogP contribution in [0.2, 0.25) is 0 Å². The maximum Gasteiger partial charge on any atom is 0.341 e. The third kappa shape index (κ3) is 3.17. The lowest BCUT2D eigenvalue weighted by Crippen LogP contribution is -2.42. The lowest BCUT2D eigenvalue weighted by Gasteiger charge is -2.30. The highest BCUT2D eigenvalue weighted by Gasteiger charge is 2.24. The summed E-state index contributed by atoms with van der Waals surface area (Å²) in [6.07, 6.45) is 3.13. The Hall–Kier alpha value is -3.87. The average molecular weight is 428 g/mol. The van der Waals surface area contributed by atoms with Gasteiger partial charge in [-0.2, -0.15) is 0 Å². The van der Waals surface area contributed by atoms with E-state index in [1.54, 1.807) is 43.4 Å². The van der Waals surface area contributed by atoms with Gasteiger partial charge in [-0.15, -0.1) is 0 Å². The molecule has 162 valence electrons. The second kappa shape index (κ2) is 8.00. The summed E-state index contributed by atoms with van der Waals surface area (Å²) in [5, 5.41) is 0.376. The van der Waals surface area contributed by atoms with Gasteiger partial charge >= 0.3 is 5.69 Å². The van der Waals surface area contributed by atoms with Gasteiger partial charge < -0.3 is 4.90 Å². The van der Waals surface area contributed by atoms with Crippen LogP contribution in [0.5, 0.6) is 0 Å². The number of nitrogens with zero attached hydrogens (tertiary/aromatic N) is 4. The summed E-state index contributed by atoms with van der Waals surface area (Å²) in [6.45, 7) is 1.55. The van der Waals surface area contributed by atoms with Gasteiger partial charge in [-0.05, 0) is 43.5 Å². The van der Waals surface area contributed by atoms with E-state index in [9.17, 15) is 14.4 Å². The fraction of sp³-hybridized carbons (Fsp3) is 0.240. The molecule has 2 aromatic carbocycles. The summed E-state index contributed by atoms with van der Waals surface area (Å²) >= 11 is 0. The molecule has 1 aliphatic rings. The van der Waals surface area contributed by atoms with E-state index in [0.717, 1.165) is 32.4 Å². The summed E-state index contributed by atoms with van der Waals surface area (Å²) in [4.78, 5) is 42.7. The average Bonchev–Trinajstić information content (AvgIpc) is 2.83. The molecule has 0 atom stereocenters. The molecule has 7 nitrogen and oxygen atoms in total. The molecule has 4 aromatic rings. The largest absolute Gasteiger partial charge is 0.371 e. The van der Waals surface area contributed by atoms with Gasteiger partial charge in [0.05, 0.1) is 17.1 Å². The Morgan fingerprint density at radius 2 is 1.28 bits per heavy atom. The van der Waals surface area contributed by atoms with Crippen LogP contribution in [-0.2, 0) is 7.05 Å². The molecule has 7 heteroatoms. The molecule has 0 N–H and O–H groups in total. The number of pyridine rings is 1. The molecule has 0 radical (unpaired) electrons. The van der Waals surface area contributed by atoms with Crippen LogP contribution in [0.4, 0.5) is 5.69 Å². The number of fused-ring (bicyclic) bond motifs is 1. The second-order valence-electron chi connectivity index (χ2n) is 8.10. The van der Waals surface area contributed by atoms with Gasteiger partial charge in [0.1, 0.15) is 11.0 Å². The SMILES string of the molecule is Cn1c(=O)cc(N2CCCCC2)c2c(=O)n(-c3ccccc3)c(=O)n(-c3ccccc3)c21.